The van der Waals surface area contributed by atoms with E-state index in [1.54, 1.807) is 4.90 Å². The molecular formula is C28H33N3O2. The lowest BCUT2D eigenvalue weighted by molar-refractivity contribution is -0.147. The Morgan fingerprint density at radius 1 is 0.818 bits per heavy atom. The highest BCUT2D eigenvalue weighted by Crippen LogP contribution is 2.50. The van der Waals surface area contributed by atoms with E-state index >= 15 is 0 Å². The van der Waals surface area contributed by atoms with Crippen molar-refractivity contribution in [2.24, 2.45) is 0 Å². The summed E-state index contributed by atoms with van der Waals surface area (Å²) in [5.74, 6) is 2.50. The lowest BCUT2D eigenvalue weighted by Gasteiger charge is -2.59. The summed E-state index contributed by atoms with van der Waals surface area (Å²) < 4.78 is 0. The van der Waals surface area contributed by atoms with Crippen LogP contribution in [0.25, 0.3) is 0 Å². The Kier molecular flexibility index (Phi) is 5.84. The molecule has 33 heavy (non-hydrogen) atoms. The summed E-state index contributed by atoms with van der Waals surface area (Å²) >= 11 is 0. The molecule has 2 heterocycles. The van der Waals surface area contributed by atoms with Crippen molar-refractivity contribution < 1.29 is 9.59 Å². The summed E-state index contributed by atoms with van der Waals surface area (Å²) in [4.78, 5) is 33.0. The van der Waals surface area contributed by atoms with Gasteiger partial charge in [0.1, 0.15) is 5.54 Å². The van der Waals surface area contributed by atoms with Gasteiger partial charge in [-0.3, -0.25) is 19.5 Å². The molecule has 5 heteroatoms. The normalized spacial score (nSPS) is 21.4. The third-order valence-corrected chi connectivity index (χ3v) is 7.15. The molecule has 4 rings (SSSR count). The van der Waals surface area contributed by atoms with Crippen LogP contribution in [0.1, 0.15) is 51.7 Å². The zero-order valence-electron chi connectivity index (χ0n) is 20.0. The number of rotatable bonds is 5. The van der Waals surface area contributed by atoms with E-state index in [4.69, 9.17) is 6.42 Å². The average molecular weight is 444 g/mol. The molecular weight excluding hydrogens is 410 g/mol. The van der Waals surface area contributed by atoms with Crippen LogP contribution in [0.2, 0.25) is 0 Å². The molecule has 0 bridgehead atoms. The van der Waals surface area contributed by atoms with Crippen LogP contribution in [0.4, 0.5) is 4.79 Å². The summed E-state index contributed by atoms with van der Waals surface area (Å²) in [6, 6.07) is 19.7. The fraction of sp³-hybridized carbons (Fsp3) is 0.429. The Morgan fingerprint density at radius 3 is 1.79 bits per heavy atom. The van der Waals surface area contributed by atoms with Gasteiger partial charge in [0.05, 0.1) is 13.1 Å². The molecule has 1 spiro atoms. The number of piperidine rings is 1. The summed E-state index contributed by atoms with van der Waals surface area (Å²) in [5.41, 5.74) is 0.552. The van der Waals surface area contributed by atoms with Gasteiger partial charge in [-0.15, -0.1) is 6.42 Å². The van der Waals surface area contributed by atoms with Gasteiger partial charge >= 0.3 is 6.03 Å². The second-order valence-corrected chi connectivity index (χ2v) is 10.5. The van der Waals surface area contributed by atoms with E-state index < -0.39 is 5.54 Å². The minimum atomic E-state index is -0.946. The minimum Gasteiger partial charge on any atom is -0.298 e. The standard InChI is InChI=1S/C28H33N3O2/c1-6-17-30-25(33)29(18-22-13-9-7-10-14-22)24(32)28(30)20-26(2,3)31(27(4,5)21-28)19-23-15-11-8-12-16-23/h1,7-16H,17-21H2,2-5H3. The first-order valence-electron chi connectivity index (χ1n) is 11.5. The van der Waals surface area contributed by atoms with Gasteiger partial charge in [0.25, 0.3) is 5.91 Å². The molecule has 0 atom stereocenters. The quantitative estimate of drug-likeness (QED) is 0.498. The lowest BCUT2D eigenvalue weighted by Crippen LogP contribution is -2.69. The molecule has 2 saturated heterocycles. The predicted octanol–water partition coefficient (Wildman–Crippen LogP) is 4.68. The fourth-order valence-electron chi connectivity index (χ4n) is 6.04. The summed E-state index contributed by atoms with van der Waals surface area (Å²) in [6.45, 7) is 9.85. The van der Waals surface area contributed by atoms with E-state index in [9.17, 15) is 9.59 Å². The number of carbonyl (C=O) groups excluding carboxylic acids is 2. The van der Waals surface area contributed by atoms with Gasteiger partial charge in [0.2, 0.25) is 0 Å². The topological polar surface area (TPSA) is 43.9 Å². The number of urea groups is 1. The van der Waals surface area contributed by atoms with Crippen LogP contribution in [-0.2, 0) is 17.9 Å². The summed E-state index contributed by atoms with van der Waals surface area (Å²) in [7, 11) is 0. The van der Waals surface area contributed by atoms with Gasteiger partial charge in [0.15, 0.2) is 0 Å². The molecule has 5 nitrogen and oxygen atoms in total. The van der Waals surface area contributed by atoms with Crippen molar-refractivity contribution in [3.05, 3.63) is 71.8 Å². The van der Waals surface area contributed by atoms with Crippen LogP contribution in [0, 0.1) is 12.3 Å². The number of benzene rings is 2. The van der Waals surface area contributed by atoms with Crippen LogP contribution in [0.15, 0.2) is 60.7 Å². The molecule has 0 aromatic heterocycles. The maximum atomic E-state index is 14.0. The molecule has 0 aliphatic carbocycles. The van der Waals surface area contributed by atoms with Gasteiger partial charge in [-0.2, -0.15) is 0 Å². The van der Waals surface area contributed by atoms with Crippen LogP contribution in [0.3, 0.4) is 0 Å². The van der Waals surface area contributed by atoms with Gasteiger partial charge in [-0.1, -0.05) is 66.6 Å². The zero-order chi connectivity index (χ0) is 23.9. The van der Waals surface area contributed by atoms with Gasteiger partial charge < -0.3 is 0 Å². The Morgan fingerprint density at radius 2 is 1.30 bits per heavy atom. The van der Waals surface area contributed by atoms with Crippen LogP contribution in [-0.4, -0.2) is 49.8 Å². The lowest BCUT2D eigenvalue weighted by atomic mass is 9.68. The molecule has 2 aliphatic rings. The number of imide groups is 1. The SMILES string of the molecule is C#CCN1C(=O)N(Cc2ccccc2)C(=O)C12CC(C)(C)N(Cc1ccccc1)C(C)(C)C2. The molecule has 3 amide bonds. The first-order valence-corrected chi connectivity index (χ1v) is 11.5. The van der Waals surface area contributed by atoms with Crippen molar-refractivity contribution in [2.75, 3.05) is 6.54 Å². The number of likely N-dealkylation sites (tertiary alicyclic amines) is 1. The number of hydrogen-bond donors (Lipinski definition) is 0. The molecule has 2 aromatic carbocycles. The van der Waals surface area contributed by atoms with Crippen LogP contribution < -0.4 is 0 Å². The first-order chi connectivity index (χ1) is 15.6. The van der Waals surface area contributed by atoms with Crippen molar-refractivity contribution in [2.45, 2.75) is 70.2 Å². The average Bonchev–Trinajstić information content (AvgIpc) is 2.94. The highest BCUT2D eigenvalue weighted by atomic mass is 16.2. The van der Waals surface area contributed by atoms with E-state index in [1.807, 2.05) is 36.4 Å². The fourth-order valence-corrected chi connectivity index (χ4v) is 6.04. The van der Waals surface area contributed by atoms with E-state index in [-0.39, 0.29) is 36.1 Å². The van der Waals surface area contributed by atoms with Gasteiger partial charge in [0, 0.05) is 17.6 Å². The van der Waals surface area contributed by atoms with Crippen LogP contribution >= 0.6 is 0 Å². The largest absolute Gasteiger partial charge is 0.328 e. The second kappa shape index (κ2) is 8.35. The molecule has 172 valence electrons. The van der Waals surface area contributed by atoms with Gasteiger partial charge in [-0.25, -0.2) is 4.79 Å². The Balaban J connectivity index is 1.70. The highest BCUT2D eigenvalue weighted by Gasteiger charge is 2.64. The summed E-state index contributed by atoms with van der Waals surface area (Å²) in [6.07, 6.45) is 6.76. The number of terminal acetylenes is 1. The van der Waals surface area contributed by atoms with E-state index in [0.29, 0.717) is 12.8 Å². The van der Waals surface area contributed by atoms with Crippen molar-refractivity contribution in [3.8, 4) is 12.3 Å². The Labute approximate surface area is 197 Å². The van der Waals surface area contributed by atoms with E-state index in [1.165, 1.54) is 10.5 Å². The number of carbonyl (C=O) groups is 2. The van der Waals surface area contributed by atoms with Crippen molar-refractivity contribution >= 4 is 11.9 Å². The van der Waals surface area contributed by atoms with Crippen molar-refractivity contribution in [1.82, 2.24) is 14.7 Å². The van der Waals surface area contributed by atoms with Crippen LogP contribution in [0.5, 0.6) is 0 Å². The van der Waals surface area contributed by atoms with E-state index in [2.05, 4.69) is 62.8 Å². The highest BCUT2D eigenvalue weighted by molar-refractivity contribution is 6.07. The maximum absolute atomic E-state index is 14.0. The molecule has 2 aromatic rings. The molecule has 0 saturated carbocycles. The summed E-state index contributed by atoms with van der Waals surface area (Å²) in [5, 5.41) is 0. The number of hydrogen-bond acceptors (Lipinski definition) is 3. The Bertz CT molecular complexity index is 1050. The molecule has 2 aliphatic heterocycles. The third-order valence-electron chi connectivity index (χ3n) is 7.15. The predicted molar refractivity (Wildman–Crippen MR) is 130 cm³/mol. The molecule has 0 N–H and O–H groups in total. The maximum Gasteiger partial charge on any atom is 0.328 e. The number of amides is 3. The first kappa shape index (κ1) is 23.1. The molecule has 0 unspecified atom stereocenters. The molecule has 0 radical (unpaired) electrons. The van der Waals surface area contributed by atoms with E-state index in [0.717, 1.165) is 12.1 Å². The number of nitrogens with zero attached hydrogens (tertiary/aromatic N) is 3. The molecule has 2 fully saturated rings. The zero-order valence-corrected chi connectivity index (χ0v) is 20.0. The monoisotopic (exact) mass is 443 g/mol. The van der Waals surface area contributed by atoms with Crippen molar-refractivity contribution in [1.29, 1.82) is 0 Å². The Hall–Kier alpha value is -3.10. The van der Waals surface area contributed by atoms with Gasteiger partial charge in [-0.05, 0) is 51.7 Å². The van der Waals surface area contributed by atoms with Crippen molar-refractivity contribution in [3.63, 3.8) is 0 Å². The third kappa shape index (κ3) is 4.05. The second-order valence-electron chi connectivity index (χ2n) is 10.5. The minimum absolute atomic E-state index is 0.126. The smallest absolute Gasteiger partial charge is 0.298 e.